The second-order valence-corrected chi connectivity index (χ2v) is 4.41. The number of benzene rings is 1. The van der Waals surface area contributed by atoms with Gasteiger partial charge >= 0.3 is 0 Å². The Balaban J connectivity index is 2.34. The molecule has 0 aromatic heterocycles. The highest BCUT2D eigenvalue weighted by Gasteiger charge is 2.01. The summed E-state index contributed by atoms with van der Waals surface area (Å²) in [7, 11) is 0. The topological polar surface area (TPSA) is 0 Å². The van der Waals surface area contributed by atoms with E-state index in [9.17, 15) is 0 Å². The highest BCUT2D eigenvalue weighted by molar-refractivity contribution is 7.98. The van der Waals surface area contributed by atoms with Crippen molar-refractivity contribution < 1.29 is 0 Å². The SMILES string of the molecule is CSc1ccc(C(C)=C2C=CC=C2)cc1. The summed E-state index contributed by atoms with van der Waals surface area (Å²) < 4.78 is 0. The molecular weight excluding hydrogens is 200 g/mol. The Morgan fingerprint density at radius 1 is 1.00 bits per heavy atom. The van der Waals surface area contributed by atoms with Crippen molar-refractivity contribution in [2.75, 3.05) is 6.26 Å². The summed E-state index contributed by atoms with van der Waals surface area (Å²) >= 11 is 1.78. The van der Waals surface area contributed by atoms with Gasteiger partial charge in [-0.3, -0.25) is 0 Å². The first kappa shape index (κ1) is 10.3. The molecule has 2 rings (SSSR count). The van der Waals surface area contributed by atoms with Crippen LogP contribution in [0.1, 0.15) is 12.5 Å². The van der Waals surface area contributed by atoms with E-state index in [0.717, 1.165) is 0 Å². The van der Waals surface area contributed by atoms with Crippen molar-refractivity contribution in [2.24, 2.45) is 0 Å². The highest BCUT2D eigenvalue weighted by atomic mass is 32.2. The zero-order valence-electron chi connectivity index (χ0n) is 9.03. The van der Waals surface area contributed by atoms with Crippen molar-refractivity contribution in [3.05, 3.63) is 59.7 Å². The Hall–Kier alpha value is -1.21. The molecule has 0 bridgehead atoms. The van der Waals surface area contributed by atoms with Gasteiger partial charge in [0.05, 0.1) is 0 Å². The second-order valence-electron chi connectivity index (χ2n) is 3.53. The van der Waals surface area contributed by atoms with Gasteiger partial charge in [-0.05, 0) is 42.0 Å². The molecule has 0 fully saturated rings. The normalized spacial score (nSPS) is 13.6. The minimum atomic E-state index is 1.30. The molecule has 76 valence electrons. The van der Waals surface area contributed by atoms with Crippen molar-refractivity contribution in [2.45, 2.75) is 11.8 Å². The summed E-state index contributed by atoms with van der Waals surface area (Å²) in [6.07, 6.45) is 10.6. The summed E-state index contributed by atoms with van der Waals surface area (Å²) in [4.78, 5) is 1.31. The molecule has 0 nitrogen and oxygen atoms in total. The maximum Gasteiger partial charge on any atom is 0.00695 e. The lowest BCUT2D eigenvalue weighted by molar-refractivity contribution is 1.42. The fourth-order valence-corrected chi connectivity index (χ4v) is 2.04. The second kappa shape index (κ2) is 4.54. The van der Waals surface area contributed by atoms with E-state index in [1.807, 2.05) is 0 Å². The van der Waals surface area contributed by atoms with Crippen molar-refractivity contribution in [1.82, 2.24) is 0 Å². The summed E-state index contributed by atoms with van der Waals surface area (Å²) in [6.45, 7) is 2.17. The van der Waals surface area contributed by atoms with Crippen LogP contribution in [0.15, 0.2) is 59.0 Å². The Morgan fingerprint density at radius 2 is 1.60 bits per heavy atom. The van der Waals surface area contributed by atoms with Crippen molar-refractivity contribution in [1.29, 1.82) is 0 Å². The lowest BCUT2D eigenvalue weighted by atomic mass is 10.0. The molecule has 0 radical (unpaired) electrons. The third-order valence-corrected chi connectivity index (χ3v) is 3.36. The molecule has 0 N–H and O–H groups in total. The fourth-order valence-electron chi connectivity index (χ4n) is 1.63. The molecule has 0 saturated carbocycles. The molecule has 15 heavy (non-hydrogen) atoms. The molecule has 0 amide bonds. The van der Waals surface area contributed by atoms with E-state index < -0.39 is 0 Å². The molecule has 0 spiro atoms. The van der Waals surface area contributed by atoms with E-state index in [4.69, 9.17) is 0 Å². The van der Waals surface area contributed by atoms with Crippen LogP contribution in [0.3, 0.4) is 0 Å². The van der Waals surface area contributed by atoms with Crippen LogP contribution in [0.5, 0.6) is 0 Å². The van der Waals surface area contributed by atoms with Gasteiger partial charge < -0.3 is 0 Å². The standard InChI is InChI=1S/C14H14S/c1-11(12-5-3-4-6-12)13-7-9-14(15-2)10-8-13/h3-10H,1-2H3. The number of hydrogen-bond acceptors (Lipinski definition) is 1. The molecular formula is C14H14S. The highest BCUT2D eigenvalue weighted by Crippen LogP contribution is 2.24. The van der Waals surface area contributed by atoms with E-state index in [2.05, 4.69) is 61.7 Å². The maximum absolute atomic E-state index is 2.19. The first-order valence-electron chi connectivity index (χ1n) is 5.01. The molecule has 0 aliphatic heterocycles. The third-order valence-electron chi connectivity index (χ3n) is 2.62. The van der Waals surface area contributed by atoms with Crippen LogP contribution >= 0.6 is 11.8 Å². The van der Waals surface area contributed by atoms with Crippen LogP contribution in [0.4, 0.5) is 0 Å². The lowest BCUT2D eigenvalue weighted by Crippen LogP contribution is -1.82. The Morgan fingerprint density at radius 3 is 2.13 bits per heavy atom. The predicted octanol–water partition coefficient (Wildman–Crippen LogP) is 4.31. The quantitative estimate of drug-likeness (QED) is 0.661. The minimum Gasteiger partial charge on any atom is -0.130 e. The third kappa shape index (κ3) is 2.24. The monoisotopic (exact) mass is 214 g/mol. The molecule has 1 aromatic rings. The van der Waals surface area contributed by atoms with E-state index in [1.165, 1.54) is 21.6 Å². The molecule has 0 atom stereocenters. The van der Waals surface area contributed by atoms with Crippen molar-refractivity contribution >= 4 is 17.3 Å². The van der Waals surface area contributed by atoms with E-state index in [0.29, 0.717) is 0 Å². The van der Waals surface area contributed by atoms with E-state index >= 15 is 0 Å². The minimum absolute atomic E-state index is 1.30. The predicted molar refractivity (Wildman–Crippen MR) is 69.1 cm³/mol. The summed E-state index contributed by atoms with van der Waals surface area (Å²) in [6, 6.07) is 8.72. The maximum atomic E-state index is 2.19. The number of hydrogen-bond donors (Lipinski definition) is 0. The Kier molecular flexibility index (Phi) is 3.12. The fraction of sp³-hybridized carbons (Fsp3) is 0.143. The summed E-state index contributed by atoms with van der Waals surface area (Å²) in [5, 5.41) is 0. The van der Waals surface area contributed by atoms with Gasteiger partial charge in [0.1, 0.15) is 0 Å². The zero-order valence-corrected chi connectivity index (χ0v) is 9.84. The average Bonchev–Trinajstić information content (AvgIpc) is 2.82. The zero-order chi connectivity index (χ0) is 10.7. The molecule has 0 saturated heterocycles. The molecule has 0 unspecified atom stereocenters. The van der Waals surface area contributed by atoms with Gasteiger partial charge in [-0.2, -0.15) is 0 Å². The largest absolute Gasteiger partial charge is 0.130 e. The lowest BCUT2D eigenvalue weighted by Gasteiger charge is -2.05. The van der Waals surface area contributed by atoms with Crippen molar-refractivity contribution in [3.63, 3.8) is 0 Å². The van der Waals surface area contributed by atoms with Gasteiger partial charge in [-0.15, -0.1) is 11.8 Å². The van der Waals surface area contributed by atoms with Crippen molar-refractivity contribution in [3.8, 4) is 0 Å². The smallest absolute Gasteiger partial charge is 0.00695 e. The van der Waals surface area contributed by atoms with Crippen LogP contribution in [0.25, 0.3) is 5.57 Å². The van der Waals surface area contributed by atoms with Gasteiger partial charge in [0.25, 0.3) is 0 Å². The first-order valence-corrected chi connectivity index (χ1v) is 6.24. The number of allylic oxidation sites excluding steroid dienone is 6. The van der Waals surface area contributed by atoms with Gasteiger partial charge in [-0.1, -0.05) is 36.4 Å². The summed E-state index contributed by atoms with van der Waals surface area (Å²) in [5.74, 6) is 0. The average molecular weight is 214 g/mol. The van der Waals surface area contributed by atoms with Gasteiger partial charge in [0.2, 0.25) is 0 Å². The van der Waals surface area contributed by atoms with Crippen LogP contribution < -0.4 is 0 Å². The first-order chi connectivity index (χ1) is 7.31. The number of thioether (sulfide) groups is 1. The number of rotatable bonds is 2. The molecule has 0 heterocycles. The van der Waals surface area contributed by atoms with Crippen LogP contribution in [-0.2, 0) is 0 Å². The van der Waals surface area contributed by atoms with Crippen LogP contribution in [0.2, 0.25) is 0 Å². The van der Waals surface area contributed by atoms with Gasteiger partial charge in [0, 0.05) is 4.90 Å². The molecule has 1 heteroatoms. The van der Waals surface area contributed by atoms with Gasteiger partial charge in [0.15, 0.2) is 0 Å². The Bertz CT molecular complexity index is 419. The molecule has 1 aliphatic rings. The van der Waals surface area contributed by atoms with Crippen LogP contribution in [-0.4, -0.2) is 6.26 Å². The molecule has 1 aliphatic carbocycles. The van der Waals surface area contributed by atoms with E-state index in [1.54, 1.807) is 11.8 Å². The van der Waals surface area contributed by atoms with Crippen LogP contribution in [0, 0.1) is 0 Å². The van der Waals surface area contributed by atoms with Gasteiger partial charge in [-0.25, -0.2) is 0 Å². The summed E-state index contributed by atoms with van der Waals surface area (Å²) in [5.41, 5.74) is 3.96. The van der Waals surface area contributed by atoms with E-state index in [-0.39, 0.29) is 0 Å². The Labute approximate surface area is 95.4 Å². The molecule has 1 aromatic carbocycles.